The molecule has 0 aliphatic carbocycles. The van der Waals surface area contributed by atoms with Gasteiger partial charge in [-0.1, -0.05) is 23.7 Å². The van der Waals surface area contributed by atoms with Crippen LogP contribution in [0, 0.1) is 0 Å². The molecule has 18 heavy (non-hydrogen) atoms. The fraction of sp³-hybridized carbons (Fsp3) is 0.538. The highest BCUT2D eigenvalue weighted by Gasteiger charge is 2.38. The number of halogens is 1. The molecule has 2 unspecified atom stereocenters. The largest absolute Gasteiger partial charge is 0.304 e. The molecule has 2 atom stereocenters. The van der Waals surface area contributed by atoms with Crippen LogP contribution in [-0.4, -0.2) is 25.5 Å². The third kappa shape index (κ3) is 3.25. The van der Waals surface area contributed by atoms with Crippen molar-refractivity contribution in [1.82, 2.24) is 5.32 Å². The van der Waals surface area contributed by atoms with E-state index in [1.165, 1.54) is 0 Å². The zero-order chi connectivity index (χ0) is 13.4. The summed E-state index contributed by atoms with van der Waals surface area (Å²) < 4.78 is 23.1. The summed E-state index contributed by atoms with van der Waals surface area (Å²) in [6.07, 6.45) is 0.667. The molecule has 2 rings (SSSR count). The Labute approximate surface area is 113 Å². The molecule has 1 aliphatic rings. The molecule has 0 amide bonds. The van der Waals surface area contributed by atoms with E-state index < -0.39 is 9.84 Å². The molecular weight excluding hydrogens is 270 g/mol. The first kappa shape index (κ1) is 13.8. The van der Waals surface area contributed by atoms with Gasteiger partial charge in [-0.3, -0.25) is 0 Å². The second-order valence-corrected chi connectivity index (χ2v) is 7.94. The zero-order valence-corrected chi connectivity index (χ0v) is 12.2. The third-order valence-corrected chi connectivity index (χ3v) is 5.56. The van der Waals surface area contributed by atoms with Crippen molar-refractivity contribution in [1.29, 1.82) is 0 Å². The van der Waals surface area contributed by atoms with Crippen molar-refractivity contribution >= 4 is 21.4 Å². The summed E-state index contributed by atoms with van der Waals surface area (Å²) in [5.74, 6) is 0.490. The van der Waals surface area contributed by atoms with Gasteiger partial charge in [0.2, 0.25) is 0 Å². The molecule has 0 aromatic heterocycles. The van der Waals surface area contributed by atoms with Crippen molar-refractivity contribution in [2.24, 2.45) is 0 Å². The quantitative estimate of drug-likeness (QED) is 0.929. The van der Waals surface area contributed by atoms with E-state index in [0.29, 0.717) is 11.4 Å². The van der Waals surface area contributed by atoms with E-state index in [-0.39, 0.29) is 23.1 Å². The SMILES string of the molecule is CC(NC1(C)CCS(=O)(=O)C1)c1cccc(Cl)c1. The molecule has 0 bridgehead atoms. The maximum absolute atomic E-state index is 11.6. The normalized spacial score (nSPS) is 28.2. The standard InChI is InChI=1S/C13H18ClNO2S/c1-10(11-4-3-5-12(14)8-11)15-13(2)6-7-18(16,17)9-13/h3-5,8,10,15H,6-7,9H2,1-2H3. The van der Waals surface area contributed by atoms with Crippen molar-refractivity contribution in [3.63, 3.8) is 0 Å². The number of benzene rings is 1. The lowest BCUT2D eigenvalue weighted by atomic mass is 9.98. The first-order valence-corrected chi connectivity index (χ1v) is 8.23. The molecule has 100 valence electrons. The number of rotatable bonds is 3. The van der Waals surface area contributed by atoms with E-state index >= 15 is 0 Å². The zero-order valence-electron chi connectivity index (χ0n) is 10.6. The number of sulfone groups is 1. The summed E-state index contributed by atoms with van der Waals surface area (Å²) in [5.41, 5.74) is 0.744. The first-order chi connectivity index (χ1) is 8.30. The molecule has 1 aliphatic heterocycles. The van der Waals surface area contributed by atoms with Gasteiger partial charge >= 0.3 is 0 Å². The van der Waals surface area contributed by atoms with Gasteiger partial charge in [0.05, 0.1) is 11.5 Å². The summed E-state index contributed by atoms with van der Waals surface area (Å²) in [6, 6.07) is 7.73. The maximum atomic E-state index is 11.6. The van der Waals surface area contributed by atoms with Gasteiger partial charge in [0, 0.05) is 16.6 Å². The predicted octanol–water partition coefficient (Wildman–Crippen LogP) is 2.57. The fourth-order valence-electron chi connectivity index (χ4n) is 2.51. The Morgan fingerprint density at radius 2 is 2.17 bits per heavy atom. The molecule has 1 N–H and O–H groups in total. The van der Waals surface area contributed by atoms with Gasteiger partial charge in [0.1, 0.15) is 0 Å². The molecule has 1 fully saturated rings. The van der Waals surface area contributed by atoms with Gasteiger partial charge in [0.25, 0.3) is 0 Å². The topological polar surface area (TPSA) is 46.2 Å². The Hall–Kier alpha value is -0.580. The fourth-order valence-corrected chi connectivity index (χ4v) is 4.81. The second-order valence-electron chi connectivity index (χ2n) is 5.32. The van der Waals surface area contributed by atoms with E-state index in [1.54, 1.807) is 0 Å². The van der Waals surface area contributed by atoms with Gasteiger partial charge in [-0.15, -0.1) is 0 Å². The highest BCUT2D eigenvalue weighted by atomic mass is 35.5. The van der Waals surface area contributed by atoms with Crippen LogP contribution in [0.25, 0.3) is 0 Å². The summed E-state index contributed by atoms with van der Waals surface area (Å²) in [7, 11) is -2.88. The number of nitrogens with one attached hydrogen (secondary N) is 1. The lowest BCUT2D eigenvalue weighted by molar-refractivity contribution is 0.355. The van der Waals surface area contributed by atoms with E-state index in [9.17, 15) is 8.42 Å². The average Bonchev–Trinajstić information content (AvgIpc) is 2.52. The summed E-state index contributed by atoms with van der Waals surface area (Å²) >= 11 is 5.96. The Balaban J connectivity index is 2.10. The van der Waals surface area contributed by atoms with Gasteiger partial charge in [-0.25, -0.2) is 8.42 Å². The Morgan fingerprint density at radius 3 is 2.72 bits per heavy atom. The van der Waals surface area contributed by atoms with E-state index in [2.05, 4.69) is 5.32 Å². The van der Waals surface area contributed by atoms with Crippen LogP contribution in [0.1, 0.15) is 31.9 Å². The minimum absolute atomic E-state index is 0.0852. The Kier molecular flexibility index (Phi) is 3.72. The van der Waals surface area contributed by atoms with Gasteiger partial charge in [0.15, 0.2) is 9.84 Å². The molecule has 0 radical (unpaired) electrons. The molecule has 1 saturated heterocycles. The smallest absolute Gasteiger partial charge is 0.152 e. The molecule has 0 spiro atoms. The summed E-state index contributed by atoms with van der Waals surface area (Å²) in [4.78, 5) is 0. The van der Waals surface area contributed by atoms with Crippen LogP contribution in [0.5, 0.6) is 0 Å². The van der Waals surface area contributed by atoms with Gasteiger partial charge in [-0.05, 0) is 38.0 Å². The Bertz CT molecular complexity index is 544. The van der Waals surface area contributed by atoms with Crippen molar-refractivity contribution in [2.75, 3.05) is 11.5 Å². The minimum atomic E-state index is -2.88. The monoisotopic (exact) mass is 287 g/mol. The molecule has 1 aromatic rings. The predicted molar refractivity (Wildman–Crippen MR) is 74.7 cm³/mol. The van der Waals surface area contributed by atoms with Crippen LogP contribution >= 0.6 is 11.6 Å². The molecule has 3 nitrogen and oxygen atoms in total. The summed E-state index contributed by atoms with van der Waals surface area (Å²) in [6.45, 7) is 4.00. The van der Waals surface area contributed by atoms with Crippen molar-refractivity contribution in [2.45, 2.75) is 31.8 Å². The van der Waals surface area contributed by atoms with E-state index in [1.807, 2.05) is 38.1 Å². The lowest BCUT2D eigenvalue weighted by Crippen LogP contribution is -2.44. The van der Waals surface area contributed by atoms with Crippen LogP contribution < -0.4 is 5.32 Å². The van der Waals surface area contributed by atoms with Crippen LogP contribution in [-0.2, 0) is 9.84 Å². The minimum Gasteiger partial charge on any atom is -0.304 e. The Morgan fingerprint density at radius 1 is 1.44 bits per heavy atom. The average molecular weight is 288 g/mol. The number of hydrogen-bond donors (Lipinski definition) is 1. The first-order valence-electron chi connectivity index (χ1n) is 6.03. The van der Waals surface area contributed by atoms with Gasteiger partial charge in [-0.2, -0.15) is 0 Å². The van der Waals surface area contributed by atoms with E-state index in [4.69, 9.17) is 11.6 Å². The van der Waals surface area contributed by atoms with Crippen molar-refractivity contribution in [3.8, 4) is 0 Å². The van der Waals surface area contributed by atoms with Crippen molar-refractivity contribution < 1.29 is 8.42 Å². The van der Waals surface area contributed by atoms with Gasteiger partial charge < -0.3 is 5.32 Å². The van der Waals surface area contributed by atoms with Crippen LogP contribution in [0.2, 0.25) is 5.02 Å². The van der Waals surface area contributed by atoms with Crippen LogP contribution in [0.15, 0.2) is 24.3 Å². The molecular formula is C13H18ClNO2S. The summed E-state index contributed by atoms with van der Waals surface area (Å²) in [5, 5.41) is 4.12. The van der Waals surface area contributed by atoms with Crippen LogP contribution in [0.3, 0.4) is 0 Å². The van der Waals surface area contributed by atoms with Crippen LogP contribution in [0.4, 0.5) is 0 Å². The second kappa shape index (κ2) is 4.83. The molecule has 0 saturated carbocycles. The van der Waals surface area contributed by atoms with E-state index in [0.717, 1.165) is 5.56 Å². The van der Waals surface area contributed by atoms with Crippen molar-refractivity contribution in [3.05, 3.63) is 34.9 Å². The molecule has 5 heteroatoms. The maximum Gasteiger partial charge on any atom is 0.152 e. The molecule has 1 aromatic carbocycles. The highest BCUT2D eigenvalue weighted by molar-refractivity contribution is 7.91. The number of hydrogen-bond acceptors (Lipinski definition) is 3. The highest BCUT2D eigenvalue weighted by Crippen LogP contribution is 2.27. The lowest BCUT2D eigenvalue weighted by Gasteiger charge is -2.29. The third-order valence-electron chi connectivity index (χ3n) is 3.42. The molecule has 1 heterocycles.